The van der Waals surface area contributed by atoms with Gasteiger partial charge in [0.05, 0.1) is 40.9 Å². The van der Waals surface area contributed by atoms with Gasteiger partial charge in [-0.25, -0.2) is 9.78 Å². The first-order valence-electron chi connectivity index (χ1n) is 10.1. The van der Waals surface area contributed by atoms with Crippen LogP contribution in [0, 0.1) is 18.3 Å². The molecule has 0 spiro atoms. The van der Waals surface area contributed by atoms with Gasteiger partial charge in [-0.2, -0.15) is 5.26 Å². The first-order chi connectivity index (χ1) is 15.9. The van der Waals surface area contributed by atoms with E-state index < -0.39 is 17.0 Å². The Kier molecular flexibility index (Phi) is 4.57. The lowest BCUT2D eigenvalue weighted by Crippen LogP contribution is -2.21. The van der Waals surface area contributed by atoms with E-state index in [9.17, 15) is 25.1 Å². The standard InChI is InChI=1S/C24H17N5O4/c1-13-5-22(30)27-9-21(13)29-11-17(24(32)33)23(31)16-6-15(8-25)19(7-20(16)29)28-10-14-3-2-4-26-18(14)12-28/h2-7,9,11H,10,12H2,1H3,(H,27,30)(H,32,33). The van der Waals surface area contributed by atoms with Crippen LogP contribution >= 0.6 is 0 Å². The Morgan fingerprint density at radius 1 is 1.18 bits per heavy atom. The van der Waals surface area contributed by atoms with Gasteiger partial charge in [0.1, 0.15) is 11.6 Å². The van der Waals surface area contributed by atoms with Crippen molar-refractivity contribution in [3.63, 3.8) is 0 Å². The Bertz CT molecular complexity index is 1540. The number of aromatic carboxylic acids is 1. The number of aryl methyl sites for hydroxylation is 1. The molecule has 0 saturated carbocycles. The Morgan fingerprint density at radius 3 is 2.70 bits per heavy atom. The summed E-state index contributed by atoms with van der Waals surface area (Å²) in [6.07, 6.45) is 4.39. The van der Waals surface area contributed by atoms with Crippen molar-refractivity contribution in [2.75, 3.05) is 4.90 Å². The molecule has 162 valence electrons. The average molecular weight is 439 g/mol. The van der Waals surface area contributed by atoms with Gasteiger partial charge in [-0.15, -0.1) is 0 Å². The topological polar surface area (TPSA) is 132 Å². The van der Waals surface area contributed by atoms with Crippen molar-refractivity contribution in [1.82, 2.24) is 14.5 Å². The van der Waals surface area contributed by atoms with Crippen LogP contribution in [0.5, 0.6) is 5.88 Å². The van der Waals surface area contributed by atoms with Crippen LogP contribution in [0.4, 0.5) is 5.69 Å². The summed E-state index contributed by atoms with van der Waals surface area (Å²) in [5.41, 5.74) is 3.31. The Labute approximate surface area is 187 Å². The number of rotatable bonds is 3. The van der Waals surface area contributed by atoms with E-state index in [1.807, 2.05) is 17.0 Å². The maximum Gasteiger partial charge on any atom is 0.341 e. The second kappa shape index (κ2) is 7.46. The first kappa shape index (κ1) is 20.2. The Hall–Kier alpha value is -4.71. The molecule has 0 fully saturated rings. The number of nitrogens with zero attached hydrogens (tertiary/aromatic N) is 5. The summed E-state index contributed by atoms with van der Waals surface area (Å²) in [5, 5.41) is 29.3. The monoisotopic (exact) mass is 439 g/mol. The normalized spacial score (nSPS) is 12.5. The summed E-state index contributed by atoms with van der Waals surface area (Å²) in [6, 6.07) is 10.6. The summed E-state index contributed by atoms with van der Waals surface area (Å²) < 4.78 is 1.56. The summed E-state index contributed by atoms with van der Waals surface area (Å²) in [6.45, 7) is 2.81. The number of carboxylic acid groups (broad SMARTS) is 1. The zero-order valence-electron chi connectivity index (χ0n) is 17.5. The third-order valence-corrected chi connectivity index (χ3v) is 5.83. The molecule has 3 aromatic heterocycles. The van der Waals surface area contributed by atoms with Crippen LogP contribution in [0.2, 0.25) is 0 Å². The maximum atomic E-state index is 13.0. The minimum Gasteiger partial charge on any atom is -0.493 e. The predicted octanol–water partition coefficient (Wildman–Crippen LogP) is 2.88. The van der Waals surface area contributed by atoms with Crippen molar-refractivity contribution in [2.45, 2.75) is 20.0 Å². The van der Waals surface area contributed by atoms with Crippen molar-refractivity contribution in [1.29, 1.82) is 5.26 Å². The molecule has 0 radical (unpaired) electrons. The molecule has 9 nitrogen and oxygen atoms in total. The van der Waals surface area contributed by atoms with Crippen molar-refractivity contribution >= 4 is 22.6 Å². The van der Waals surface area contributed by atoms with Crippen LogP contribution in [0.3, 0.4) is 0 Å². The molecule has 33 heavy (non-hydrogen) atoms. The molecule has 0 aliphatic carbocycles. The van der Waals surface area contributed by atoms with Gasteiger partial charge in [0.15, 0.2) is 0 Å². The number of anilines is 1. The van der Waals surface area contributed by atoms with Crippen LogP contribution in [0.15, 0.2) is 53.7 Å². The Balaban J connectivity index is 1.80. The van der Waals surface area contributed by atoms with Crippen molar-refractivity contribution in [2.24, 2.45) is 0 Å². The maximum absolute atomic E-state index is 13.0. The lowest BCUT2D eigenvalue weighted by atomic mass is 10.0. The van der Waals surface area contributed by atoms with Gasteiger partial charge in [0, 0.05) is 30.4 Å². The van der Waals surface area contributed by atoms with Gasteiger partial charge >= 0.3 is 5.97 Å². The van der Waals surface area contributed by atoms with E-state index in [1.54, 1.807) is 23.8 Å². The second-order valence-electron chi connectivity index (χ2n) is 7.84. The molecule has 4 heterocycles. The number of aromatic nitrogens is 3. The number of carbonyl (C=O) groups is 1. The molecular formula is C24H17N5O4. The second-order valence-corrected chi connectivity index (χ2v) is 7.84. The highest BCUT2D eigenvalue weighted by Crippen LogP contribution is 2.33. The van der Waals surface area contributed by atoms with Crippen LogP contribution in [-0.2, 0) is 13.1 Å². The van der Waals surface area contributed by atoms with Crippen molar-refractivity contribution in [3.05, 3.63) is 87.1 Å². The molecule has 5 rings (SSSR count). The summed E-state index contributed by atoms with van der Waals surface area (Å²) in [5.74, 6) is -1.54. The number of hydrogen-bond donors (Lipinski definition) is 2. The number of carboxylic acids is 1. The van der Waals surface area contributed by atoms with Gasteiger partial charge in [0.25, 0.3) is 0 Å². The lowest BCUT2D eigenvalue weighted by molar-refractivity contribution is 0.0695. The van der Waals surface area contributed by atoms with E-state index in [0.717, 1.165) is 11.3 Å². The van der Waals surface area contributed by atoms with Crippen LogP contribution < -0.4 is 10.3 Å². The number of nitriles is 1. The van der Waals surface area contributed by atoms with Gasteiger partial charge in [-0.3, -0.25) is 9.78 Å². The molecule has 0 unspecified atom stereocenters. The largest absolute Gasteiger partial charge is 0.493 e. The molecule has 9 heteroatoms. The average Bonchev–Trinajstić information content (AvgIpc) is 3.23. The zero-order valence-corrected chi connectivity index (χ0v) is 17.5. The molecule has 4 aromatic rings. The van der Waals surface area contributed by atoms with E-state index in [2.05, 4.69) is 16.0 Å². The van der Waals surface area contributed by atoms with Crippen LogP contribution in [0.1, 0.15) is 32.7 Å². The zero-order chi connectivity index (χ0) is 23.3. The highest BCUT2D eigenvalue weighted by molar-refractivity contribution is 5.95. The lowest BCUT2D eigenvalue weighted by Gasteiger charge is -2.21. The fourth-order valence-corrected chi connectivity index (χ4v) is 4.22. The molecule has 2 N–H and O–H groups in total. The molecule has 0 saturated heterocycles. The molecule has 0 atom stereocenters. The van der Waals surface area contributed by atoms with Crippen molar-refractivity contribution in [3.8, 4) is 17.6 Å². The molecule has 0 amide bonds. The Morgan fingerprint density at radius 2 is 2.00 bits per heavy atom. The summed E-state index contributed by atoms with van der Waals surface area (Å²) in [4.78, 5) is 35.1. The van der Waals surface area contributed by atoms with E-state index in [1.165, 1.54) is 24.5 Å². The number of pyridine rings is 3. The molecular weight excluding hydrogens is 422 g/mol. The number of fused-ring (bicyclic) bond motifs is 2. The first-order valence-corrected chi connectivity index (χ1v) is 10.1. The summed E-state index contributed by atoms with van der Waals surface area (Å²) in [7, 11) is 0. The smallest absolute Gasteiger partial charge is 0.341 e. The van der Waals surface area contributed by atoms with Gasteiger partial charge in [-0.1, -0.05) is 6.07 Å². The minimum atomic E-state index is -1.37. The quantitative estimate of drug-likeness (QED) is 0.498. The number of benzene rings is 1. The molecule has 0 bridgehead atoms. The minimum absolute atomic E-state index is 0.109. The number of hydrogen-bond acceptors (Lipinski definition) is 7. The van der Waals surface area contributed by atoms with E-state index in [4.69, 9.17) is 0 Å². The fourth-order valence-electron chi connectivity index (χ4n) is 4.22. The van der Waals surface area contributed by atoms with Gasteiger partial charge < -0.3 is 19.7 Å². The highest BCUT2D eigenvalue weighted by atomic mass is 16.4. The fraction of sp³-hybridized carbons (Fsp3) is 0.125. The van der Waals surface area contributed by atoms with Crippen LogP contribution in [0.25, 0.3) is 16.6 Å². The molecule has 1 aliphatic rings. The van der Waals surface area contributed by atoms with E-state index in [0.29, 0.717) is 35.5 Å². The third kappa shape index (κ3) is 3.25. The SMILES string of the molecule is Cc1cc(O)ncc1-n1cc(C(=O)O)c(=O)c2cc(C#N)c(N3Cc4cccnc4C3)cc21. The van der Waals surface area contributed by atoms with E-state index >= 15 is 0 Å². The molecule has 1 aromatic carbocycles. The van der Waals surface area contributed by atoms with Gasteiger partial charge in [0.2, 0.25) is 11.3 Å². The van der Waals surface area contributed by atoms with Crippen molar-refractivity contribution < 1.29 is 15.0 Å². The number of aromatic hydroxyl groups is 1. The third-order valence-electron chi connectivity index (χ3n) is 5.83. The summed E-state index contributed by atoms with van der Waals surface area (Å²) >= 11 is 0. The van der Waals surface area contributed by atoms with Crippen LogP contribution in [-0.4, -0.2) is 30.7 Å². The highest BCUT2D eigenvalue weighted by Gasteiger charge is 2.25. The predicted molar refractivity (Wildman–Crippen MR) is 120 cm³/mol. The van der Waals surface area contributed by atoms with E-state index in [-0.39, 0.29) is 16.8 Å². The van der Waals surface area contributed by atoms with Gasteiger partial charge in [-0.05, 0) is 36.2 Å². The molecule has 1 aliphatic heterocycles.